The summed E-state index contributed by atoms with van der Waals surface area (Å²) < 4.78 is 5.67. The van der Waals surface area contributed by atoms with Crippen LogP contribution in [-0.2, 0) is 9.59 Å². The molecule has 4 amide bonds. The average Bonchev–Trinajstić information content (AvgIpc) is 2.64. The van der Waals surface area contributed by atoms with Gasteiger partial charge in [0.25, 0.3) is 11.8 Å². The van der Waals surface area contributed by atoms with E-state index in [4.69, 9.17) is 16.3 Å². The smallest absolute Gasteiger partial charge is 0.335 e. The molecule has 1 heterocycles. The Bertz CT molecular complexity index is 1020. The van der Waals surface area contributed by atoms with E-state index in [0.29, 0.717) is 16.6 Å². The number of aromatic hydroxyl groups is 1. The van der Waals surface area contributed by atoms with Crippen LogP contribution in [0, 0.1) is 0 Å². The molecule has 0 radical (unpaired) electrons. The fourth-order valence-corrected chi connectivity index (χ4v) is 3.30. The highest BCUT2D eigenvalue weighted by Gasteiger charge is 2.37. The number of hydrogen-bond donors (Lipinski definition) is 2. The van der Waals surface area contributed by atoms with Crippen molar-refractivity contribution in [1.82, 2.24) is 5.32 Å². The number of nitrogens with one attached hydrogen (secondary N) is 1. The molecule has 1 aliphatic rings. The molecule has 2 aromatic rings. The van der Waals surface area contributed by atoms with E-state index in [1.54, 1.807) is 19.1 Å². The summed E-state index contributed by atoms with van der Waals surface area (Å²) in [6, 6.07) is 8.41. The van der Waals surface area contributed by atoms with Crippen molar-refractivity contribution < 1.29 is 24.2 Å². The van der Waals surface area contributed by atoms with Crippen LogP contribution in [0.5, 0.6) is 11.5 Å². The Labute approximate surface area is 173 Å². The molecular formula is C19H14BrClN2O5. The van der Waals surface area contributed by atoms with Crippen LogP contribution >= 0.6 is 27.5 Å². The number of anilines is 1. The van der Waals surface area contributed by atoms with E-state index in [1.165, 1.54) is 30.3 Å². The van der Waals surface area contributed by atoms with Crippen LogP contribution in [0.25, 0.3) is 6.08 Å². The van der Waals surface area contributed by atoms with Gasteiger partial charge in [0.2, 0.25) is 0 Å². The van der Waals surface area contributed by atoms with E-state index in [-0.39, 0.29) is 27.8 Å². The van der Waals surface area contributed by atoms with Gasteiger partial charge in [-0.3, -0.25) is 14.9 Å². The predicted octanol–water partition coefficient (Wildman–Crippen LogP) is 3.87. The molecule has 2 N–H and O–H groups in total. The summed E-state index contributed by atoms with van der Waals surface area (Å²) in [7, 11) is 0. The van der Waals surface area contributed by atoms with Crippen molar-refractivity contribution in [3.63, 3.8) is 0 Å². The van der Waals surface area contributed by atoms with Gasteiger partial charge < -0.3 is 9.84 Å². The zero-order valence-corrected chi connectivity index (χ0v) is 16.9. The molecule has 7 nitrogen and oxygen atoms in total. The van der Waals surface area contributed by atoms with Gasteiger partial charge in [-0.15, -0.1) is 0 Å². The summed E-state index contributed by atoms with van der Waals surface area (Å²) in [4.78, 5) is 38.2. The third-order valence-corrected chi connectivity index (χ3v) is 4.78. The summed E-state index contributed by atoms with van der Waals surface area (Å²) in [5.74, 6) is -1.56. The van der Waals surface area contributed by atoms with Crippen LogP contribution in [0.15, 0.2) is 46.4 Å². The van der Waals surface area contributed by atoms with E-state index in [0.717, 1.165) is 4.90 Å². The number of halogens is 2. The molecule has 1 aliphatic heterocycles. The fourth-order valence-electron chi connectivity index (χ4n) is 2.62. The van der Waals surface area contributed by atoms with Crippen LogP contribution in [0.3, 0.4) is 0 Å². The molecule has 9 heteroatoms. The van der Waals surface area contributed by atoms with Gasteiger partial charge in [0.05, 0.1) is 21.8 Å². The largest absolute Gasteiger partial charge is 0.503 e. The SMILES string of the molecule is CCOc1cc(/C=C2\C(=O)NC(=O)N(c3ccccc3Cl)C2=O)cc(Br)c1O. The molecule has 0 bridgehead atoms. The lowest BCUT2D eigenvalue weighted by Crippen LogP contribution is -2.54. The maximum atomic E-state index is 12.9. The molecule has 0 saturated carbocycles. The number of carbonyl (C=O) groups is 3. The van der Waals surface area contributed by atoms with Gasteiger partial charge in [-0.1, -0.05) is 23.7 Å². The summed E-state index contributed by atoms with van der Waals surface area (Å²) in [6.07, 6.45) is 1.31. The van der Waals surface area contributed by atoms with Gasteiger partial charge in [0.1, 0.15) is 5.57 Å². The van der Waals surface area contributed by atoms with E-state index >= 15 is 0 Å². The molecule has 1 fully saturated rings. The number of imide groups is 2. The Hall–Kier alpha value is -2.84. The number of barbiturate groups is 1. The minimum absolute atomic E-state index is 0.101. The van der Waals surface area contributed by atoms with Crippen LogP contribution < -0.4 is 15.0 Å². The normalized spacial score (nSPS) is 15.8. The van der Waals surface area contributed by atoms with Gasteiger partial charge in [0.15, 0.2) is 11.5 Å². The summed E-state index contributed by atoms with van der Waals surface area (Å²) in [5.41, 5.74) is 0.312. The highest BCUT2D eigenvalue weighted by Crippen LogP contribution is 2.36. The van der Waals surface area contributed by atoms with Gasteiger partial charge in [-0.25, -0.2) is 9.69 Å². The third kappa shape index (κ3) is 3.74. The van der Waals surface area contributed by atoms with Gasteiger partial charge in [0, 0.05) is 0 Å². The summed E-state index contributed by atoms with van der Waals surface area (Å²) >= 11 is 9.30. The van der Waals surface area contributed by atoms with E-state index < -0.39 is 17.8 Å². The summed E-state index contributed by atoms with van der Waals surface area (Å²) in [6.45, 7) is 2.07. The van der Waals surface area contributed by atoms with E-state index in [9.17, 15) is 19.5 Å². The molecule has 0 spiro atoms. The Morgan fingerprint density at radius 3 is 2.64 bits per heavy atom. The third-order valence-electron chi connectivity index (χ3n) is 3.86. The molecule has 2 aromatic carbocycles. The van der Waals surface area contributed by atoms with Crippen molar-refractivity contribution in [2.45, 2.75) is 6.92 Å². The fraction of sp³-hybridized carbons (Fsp3) is 0.105. The van der Waals surface area contributed by atoms with Gasteiger partial charge in [-0.05, 0) is 58.8 Å². The molecule has 28 heavy (non-hydrogen) atoms. The standard InChI is InChI=1S/C19H14BrClN2O5/c1-2-28-15-9-10(8-12(20)16(15)24)7-11-17(25)22-19(27)23(18(11)26)14-6-4-3-5-13(14)21/h3-9,24H,2H2,1H3,(H,22,25,27)/b11-7+. The predicted molar refractivity (Wildman–Crippen MR) is 107 cm³/mol. The zero-order valence-electron chi connectivity index (χ0n) is 14.5. The average molecular weight is 466 g/mol. The molecule has 144 valence electrons. The number of amides is 4. The van der Waals surface area contributed by atoms with Crippen LogP contribution in [0.2, 0.25) is 5.02 Å². The molecule has 0 unspecified atom stereocenters. The first-order chi connectivity index (χ1) is 13.3. The maximum absolute atomic E-state index is 12.9. The number of benzene rings is 2. The molecule has 0 aliphatic carbocycles. The quantitative estimate of drug-likeness (QED) is 0.528. The number of para-hydroxylation sites is 1. The van der Waals surface area contributed by atoms with Crippen molar-refractivity contribution in [3.05, 3.63) is 57.0 Å². The van der Waals surface area contributed by atoms with Crippen molar-refractivity contribution in [2.75, 3.05) is 11.5 Å². The number of ether oxygens (including phenoxy) is 1. The first-order valence-electron chi connectivity index (χ1n) is 8.14. The van der Waals surface area contributed by atoms with Gasteiger partial charge in [-0.2, -0.15) is 0 Å². The number of rotatable bonds is 4. The zero-order chi connectivity index (χ0) is 20.4. The second kappa shape index (κ2) is 8.04. The Morgan fingerprint density at radius 1 is 1.25 bits per heavy atom. The molecule has 0 atom stereocenters. The number of urea groups is 1. The highest BCUT2D eigenvalue weighted by atomic mass is 79.9. The first kappa shape index (κ1) is 19.9. The topological polar surface area (TPSA) is 95.9 Å². The van der Waals surface area contributed by atoms with Crippen LogP contribution in [0.4, 0.5) is 10.5 Å². The number of nitrogens with zero attached hydrogens (tertiary/aromatic N) is 1. The molecule has 3 rings (SSSR count). The number of phenolic OH excluding ortho intramolecular Hbond substituents is 1. The second-order valence-electron chi connectivity index (χ2n) is 5.69. The van der Waals surface area contributed by atoms with Crippen LogP contribution in [0.1, 0.15) is 12.5 Å². The minimum atomic E-state index is -0.887. The maximum Gasteiger partial charge on any atom is 0.335 e. The lowest BCUT2D eigenvalue weighted by molar-refractivity contribution is -0.122. The monoisotopic (exact) mass is 464 g/mol. The van der Waals surface area contributed by atoms with Crippen molar-refractivity contribution in [2.24, 2.45) is 0 Å². The van der Waals surface area contributed by atoms with Crippen molar-refractivity contribution in [1.29, 1.82) is 0 Å². The Morgan fingerprint density at radius 2 is 1.96 bits per heavy atom. The Balaban J connectivity index is 2.06. The van der Waals surface area contributed by atoms with Gasteiger partial charge >= 0.3 is 6.03 Å². The number of hydrogen-bond acceptors (Lipinski definition) is 5. The number of carbonyl (C=O) groups excluding carboxylic acids is 3. The van der Waals surface area contributed by atoms with Crippen molar-refractivity contribution >= 4 is 57.1 Å². The summed E-state index contributed by atoms with van der Waals surface area (Å²) in [5, 5.41) is 12.3. The highest BCUT2D eigenvalue weighted by molar-refractivity contribution is 9.10. The minimum Gasteiger partial charge on any atom is -0.503 e. The first-order valence-corrected chi connectivity index (χ1v) is 9.32. The van der Waals surface area contributed by atoms with Crippen LogP contribution in [-0.4, -0.2) is 29.6 Å². The van der Waals surface area contributed by atoms with Crippen molar-refractivity contribution in [3.8, 4) is 11.5 Å². The molecule has 1 saturated heterocycles. The lowest BCUT2D eigenvalue weighted by atomic mass is 10.1. The van der Waals surface area contributed by atoms with E-state index in [1.807, 2.05) is 0 Å². The second-order valence-corrected chi connectivity index (χ2v) is 6.95. The Kier molecular flexibility index (Phi) is 5.71. The molecule has 0 aromatic heterocycles. The number of phenols is 1. The molecular weight excluding hydrogens is 452 g/mol. The van der Waals surface area contributed by atoms with E-state index in [2.05, 4.69) is 21.2 Å². The lowest BCUT2D eigenvalue weighted by Gasteiger charge is -2.27.